The van der Waals surface area contributed by atoms with Gasteiger partial charge in [-0.15, -0.1) is 0 Å². The summed E-state index contributed by atoms with van der Waals surface area (Å²) in [5.74, 6) is 6.00. The van der Waals surface area contributed by atoms with E-state index in [0.717, 1.165) is 12.8 Å². The van der Waals surface area contributed by atoms with E-state index in [1.165, 1.54) is 0 Å². The van der Waals surface area contributed by atoms with E-state index in [9.17, 15) is 0 Å². The number of aliphatic imine (C=N–C) groups is 1. The Hall–Kier alpha value is -0.770. The number of nitrogens with one attached hydrogen (secondary N) is 1. The first-order valence-electron chi connectivity index (χ1n) is 3.93. The smallest absolute Gasteiger partial charge is 0.203 e. The van der Waals surface area contributed by atoms with Crippen LogP contribution in [0, 0.1) is 5.92 Å². The summed E-state index contributed by atoms with van der Waals surface area (Å²) in [5.41, 5.74) is 7.89. The third-order valence-corrected chi connectivity index (χ3v) is 2.33. The van der Waals surface area contributed by atoms with Crippen molar-refractivity contribution in [1.29, 1.82) is 0 Å². The topological polar surface area (TPSA) is 76.4 Å². The van der Waals surface area contributed by atoms with Crippen molar-refractivity contribution in [3.05, 3.63) is 0 Å². The van der Waals surface area contributed by atoms with E-state index < -0.39 is 0 Å². The molecule has 0 aromatic rings. The van der Waals surface area contributed by atoms with Gasteiger partial charge in [0.15, 0.2) is 0 Å². The number of nitrogens with zero attached hydrogens (tertiary/aromatic N) is 1. The van der Waals surface area contributed by atoms with Gasteiger partial charge in [0.2, 0.25) is 5.96 Å². The van der Waals surface area contributed by atoms with Crippen molar-refractivity contribution in [3.8, 4) is 0 Å². The Morgan fingerprint density at radius 3 is 2.36 bits per heavy atom. The number of guanidine groups is 1. The molecule has 64 valence electrons. The lowest BCUT2D eigenvalue weighted by Gasteiger charge is -2.14. The molecule has 0 unspecified atom stereocenters. The SMILES string of the molecule is CC(C)C1(N=C(N)NN)CC1. The molecule has 0 aromatic heterocycles. The van der Waals surface area contributed by atoms with Crippen LogP contribution in [0.2, 0.25) is 0 Å². The van der Waals surface area contributed by atoms with Crippen LogP contribution in [0.4, 0.5) is 0 Å². The van der Waals surface area contributed by atoms with Crippen molar-refractivity contribution in [1.82, 2.24) is 5.43 Å². The summed E-state index contributed by atoms with van der Waals surface area (Å²) < 4.78 is 0. The molecule has 0 amide bonds. The van der Waals surface area contributed by atoms with Gasteiger partial charge in [-0.3, -0.25) is 5.43 Å². The molecule has 0 aliphatic heterocycles. The third kappa shape index (κ3) is 1.63. The van der Waals surface area contributed by atoms with Crippen LogP contribution in [-0.2, 0) is 0 Å². The Kier molecular flexibility index (Phi) is 2.04. The van der Waals surface area contributed by atoms with Crippen LogP contribution in [0.1, 0.15) is 26.7 Å². The molecular weight excluding hydrogens is 140 g/mol. The standard InChI is InChI=1S/C7H16N4/c1-5(2)7(3-4-7)10-6(8)11-9/h5H,3-4,9H2,1-2H3,(H3,8,10,11). The molecule has 0 heterocycles. The van der Waals surface area contributed by atoms with Crippen LogP contribution in [0.5, 0.6) is 0 Å². The first kappa shape index (κ1) is 8.33. The molecule has 0 saturated heterocycles. The highest BCUT2D eigenvalue weighted by molar-refractivity contribution is 5.77. The molecule has 1 fully saturated rings. The molecular formula is C7H16N4. The fourth-order valence-electron chi connectivity index (χ4n) is 1.22. The molecule has 0 spiro atoms. The lowest BCUT2D eigenvalue weighted by molar-refractivity contribution is 0.479. The Morgan fingerprint density at radius 1 is 1.55 bits per heavy atom. The Labute approximate surface area is 67.0 Å². The van der Waals surface area contributed by atoms with E-state index in [1.807, 2.05) is 0 Å². The summed E-state index contributed by atoms with van der Waals surface area (Å²) >= 11 is 0. The fraction of sp³-hybridized carbons (Fsp3) is 0.857. The van der Waals surface area contributed by atoms with Gasteiger partial charge in [0, 0.05) is 0 Å². The van der Waals surface area contributed by atoms with Crippen LogP contribution >= 0.6 is 0 Å². The van der Waals surface area contributed by atoms with Crippen LogP contribution in [-0.4, -0.2) is 11.5 Å². The predicted octanol–water partition coefficient (Wildman–Crippen LogP) is -0.0470. The molecule has 0 atom stereocenters. The molecule has 0 bridgehead atoms. The summed E-state index contributed by atoms with van der Waals surface area (Å²) in [6.07, 6.45) is 2.26. The lowest BCUT2D eigenvalue weighted by Crippen LogP contribution is -2.39. The number of nitrogens with two attached hydrogens (primary N) is 2. The molecule has 1 aliphatic rings. The van der Waals surface area contributed by atoms with Gasteiger partial charge in [-0.25, -0.2) is 10.8 Å². The zero-order chi connectivity index (χ0) is 8.48. The zero-order valence-corrected chi connectivity index (χ0v) is 7.09. The van der Waals surface area contributed by atoms with Gasteiger partial charge in [0.1, 0.15) is 0 Å². The van der Waals surface area contributed by atoms with Crippen molar-refractivity contribution in [2.75, 3.05) is 0 Å². The monoisotopic (exact) mass is 156 g/mol. The summed E-state index contributed by atoms with van der Waals surface area (Å²) in [5, 5.41) is 0. The minimum Gasteiger partial charge on any atom is -0.369 e. The second-order valence-electron chi connectivity index (χ2n) is 3.40. The van der Waals surface area contributed by atoms with Crippen LogP contribution in [0.3, 0.4) is 0 Å². The number of hydrogen-bond donors (Lipinski definition) is 3. The minimum atomic E-state index is 0.0937. The summed E-state index contributed by atoms with van der Waals surface area (Å²) in [4.78, 5) is 4.30. The minimum absolute atomic E-state index is 0.0937. The van der Waals surface area contributed by atoms with Gasteiger partial charge in [-0.2, -0.15) is 0 Å². The molecule has 5 N–H and O–H groups in total. The Morgan fingerprint density at radius 2 is 2.09 bits per heavy atom. The highest BCUT2D eigenvalue weighted by Crippen LogP contribution is 2.45. The second kappa shape index (κ2) is 2.70. The zero-order valence-electron chi connectivity index (χ0n) is 7.09. The van der Waals surface area contributed by atoms with Gasteiger partial charge in [0.05, 0.1) is 5.54 Å². The van der Waals surface area contributed by atoms with Crippen LogP contribution < -0.4 is 17.0 Å². The van der Waals surface area contributed by atoms with E-state index in [1.54, 1.807) is 0 Å². The van der Waals surface area contributed by atoms with E-state index in [-0.39, 0.29) is 5.54 Å². The Balaban J connectivity index is 2.60. The van der Waals surface area contributed by atoms with Gasteiger partial charge < -0.3 is 5.73 Å². The summed E-state index contributed by atoms with van der Waals surface area (Å²) in [7, 11) is 0. The summed E-state index contributed by atoms with van der Waals surface area (Å²) in [6, 6.07) is 0. The molecule has 4 heteroatoms. The van der Waals surface area contributed by atoms with Gasteiger partial charge in [0.25, 0.3) is 0 Å². The molecule has 4 nitrogen and oxygen atoms in total. The maximum atomic E-state index is 5.45. The lowest BCUT2D eigenvalue weighted by atomic mass is 10.0. The third-order valence-electron chi connectivity index (χ3n) is 2.33. The summed E-state index contributed by atoms with van der Waals surface area (Å²) in [6.45, 7) is 4.31. The molecule has 1 saturated carbocycles. The number of hydrazine groups is 1. The van der Waals surface area contributed by atoms with Crippen LogP contribution in [0.15, 0.2) is 4.99 Å². The van der Waals surface area contributed by atoms with E-state index >= 15 is 0 Å². The normalized spacial score (nSPS) is 22.0. The Bertz CT molecular complexity index is 169. The number of rotatable bonds is 2. The van der Waals surface area contributed by atoms with Gasteiger partial charge >= 0.3 is 0 Å². The maximum Gasteiger partial charge on any atom is 0.203 e. The molecule has 1 rings (SSSR count). The molecule has 11 heavy (non-hydrogen) atoms. The first-order valence-corrected chi connectivity index (χ1v) is 3.93. The van der Waals surface area contributed by atoms with Crippen molar-refractivity contribution >= 4 is 5.96 Å². The largest absolute Gasteiger partial charge is 0.369 e. The molecule has 0 radical (unpaired) electrons. The van der Waals surface area contributed by atoms with Crippen molar-refractivity contribution in [2.45, 2.75) is 32.2 Å². The van der Waals surface area contributed by atoms with E-state index in [2.05, 4.69) is 24.3 Å². The maximum absolute atomic E-state index is 5.45. The van der Waals surface area contributed by atoms with Gasteiger partial charge in [-0.05, 0) is 18.8 Å². The average molecular weight is 156 g/mol. The van der Waals surface area contributed by atoms with Crippen LogP contribution in [0.25, 0.3) is 0 Å². The van der Waals surface area contributed by atoms with Crippen molar-refractivity contribution in [2.24, 2.45) is 22.5 Å². The number of hydrogen-bond acceptors (Lipinski definition) is 2. The molecule has 0 aromatic carbocycles. The van der Waals surface area contributed by atoms with E-state index in [0.29, 0.717) is 11.9 Å². The second-order valence-corrected chi connectivity index (χ2v) is 3.40. The van der Waals surface area contributed by atoms with E-state index in [4.69, 9.17) is 11.6 Å². The highest BCUT2D eigenvalue weighted by atomic mass is 15.3. The quantitative estimate of drug-likeness (QED) is 0.227. The average Bonchev–Trinajstić information content (AvgIpc) is 2.69. The molecule has 1 aliphatic carbocycles. The fourth-order valence-corrected chi connectivity index (χ4v) is 1.22. The predicted molar refractivity (Wildman–Crippen MR) is 45.7 cm³/mol. The van der Waals surface area contributed by atoms with Crippen molar-refractivity contribution in [3.63, 3.8) is 0 Å². The first-order chi connectivity index (χ1) is 5.10. The van der Waals surface area contributed by atoms with Gasteiger partial charge in [-0.1, -0.05) is 13.8 Å². The van der Waals surface area contributed by atoms with Crippen molar-refractivity contribution < 1.29 is 0 Å². The highest BCUT2D eigenvalue weighted by Gasteiger charge is 2.45.